The molecule has 1 fully saturated rings. The molecular weight excluding hydrogens is 212 g/mol. The molecule has 2 rings (SSSR count). The van der Waals surface area contributed by atoms with Crippen molar-refractivity contribution in [1.29, 1.82) is 0 Å². The molecule has 0 spiro atoms. The van der Waals surface area contributed by atoms with Crippen LogP contribution >= 0.6 is 0 Å². The van der Waals surface area contributed by atoms with Crippen LogP contribution in [0.2, 0.25) is 0 Å². The minimum Gasteiger partial charge on any atom is -0.378 e. The molecule has 1 aromatic carbocycles. The Labute approximate surface area is 104 Å². The Bertz CT molecular complexity index is 326. The van der Waals surface area contributed by atoms with Crippen LogP contribution in [-0.2, 0) is 4.74 Å². The van der Waals surface area contributed by atoms with Crippen LogP contribution in [0.3, 0.4) is 0 Å². The molecule has 94 valence electrons. The molecule has 0 saturated carbocycles. The molecule has 1 heterocycles. The lowest BCUT2D eigenvalue weighted by Gasteiger charge is -2.39. The lowest BCUT2D eigenvalue weighted by molar-refractivity contribution is -0.0248. The summed E-state index contributed by atoms with van der Waals surface area (Å²) < 4.78 is 5.57. The predicted octanol–water partition coefficient (Wildman–Crippen LogP) is 1.67. The Morgan fingerprint density at radius 2 is 2.18 bits per heavy atom. The summed E-state index contributed by atoms with van der Waals surface area (Å²) in [6, 6.07) is 11.6. The van der Waals surface area contributed by atoms with E-state index in [-0.39, 0.29) is 0 Å². The molecule has 1 aromatic rings. The molecule has 3 heteroatoms. The first kappa shape index (κ1) is 12.6. The van der Waals surface area contributed by atoms with Crippen LogP contribution in [0, 0.1) is 0 Å². The third kappa shape index (κ3) is 3.06. The fourth-order valence-electron chi connectivity index (χ4n) is 2.51. The van der Waals surface area contributed by atoms with Gasteiger partial charge in [-0.2, -0.15) is 0 Å². The largest absolute Gasteiger partial charge is 0.378 e. The summed E-state index contributed by atoms with van der Waals surface area (Å²) in [4.78, 5) is 2.54. The lowest BCUT2D eigenvalue weighted by Crippen LogP contribution is -2.50. The van der Waals surface area contributed by atoms with Crippen molar-refractivity contribution in [2.24, 2.45) is 0 Å². The maximum atomic E-state index is 5.57. The highest BCUT2D eigenvalue weighted by Gasteiger charge is 2.27. The zero-order valence-electron chi connectivity index (χ0n) is 10.7. The van der Waals surface area contributed by atoms with E-state index >= 15 is 0 Å². The van der Waals surface area contributed by atoms with E-state index in [1.165, 1.54) is 5.56 Å². The predicted molar refractivity (Wildman–Crippen MR) is 70.1 cm³/mol. The SMILES string of the molecule is CNCC1COCCN1C(C)c1ccccc1. The van der Waals surface area contributed by atoms with Crippen molar-refractivity contribution in [3.05, 3.63) is 35.9 Å². The second-order valence-corrected chi connectivity index (χ2v) is 4.61. The number of ether oxygens (including phenoxy) is 1. The quantitative estimate of drug-likeness (QED) is 0.857. The van der Waals surface area contributed by atoms with Gasteiger partial charge in [0.25, 0.3) is 0 Å². The van der Waals surface area contributed by atoms with Gasteiger partial charge in [-0.25, -0.2) is 0 Å². The number of nitrogens with one attached hydrogen (secondary N) is 1. The van der Waals surface area contributed by atoms with Crippen molar-refractivity contribution in [1.82, 2.24) is 10.2 Å². The van der Waals surface area contributed by atoms with Gasteiger partial charge >= 0.3 is 0 Å². The maximum Gasteiger partial charge on any atom is 0.0635 e. The number of hydrogen-bond acceptors (Lipinski definition) is 3. The van der Waals surface area contributed by atoms with E-state index < -0.39 is 0 Å². The number of hydrogen-bond donors (Lipinski definition) is 1. The molecule has 2 atom stereocenters. The highest BCUT2D eigenvalue weighted by atomic mass is 16.5. The fraction of sp³-hybridized carbons (Fsp3) is 0.571. The zero-order valence-corrected chi connectivity index (χ0v) is 10.7. The standard InChI is InChI=1S/C14H22N2O/c1-12(13-6-4-3-5-7-13)16-8-9-17-11-14(16)10-15-2/h3-7,12,14-15H,8-11H2,1-2H3. The topological polar surface area (TPSA) is 24.5 Å². The second-order valence-electron chi connectivity index (χ2n) is 4.61. The first-order chi connectivity index (χ1) is 8.33. The molecule has 1 aliphatic heterocycles. The summed E-state index contributed by atoms with van der Waals surface area (Å²) in [5, 5.41) is 3.25. The number of rotatable bonds is 4. The van der Waals surface area contributed by atoms with Crippen molar-refractivity contribution in [3.8, 4) is 0 Å². The van der Waals surface area contributed by atoms with Crippen molar-refractivity contribution in [2.45, 2.75) is 19.0 Å². The fourth-order valence-corrected chi connectivity index (χ4v) is 2.51. The molecule has 1 saturated heterocycles. The van der Waals surface area contributed by atoms with Crippen molar-refractivity contribution in [3.63, 3.8) is 0 Å². The first-order valence-electron chi connectivity index (χ1n) is 6.36. The van der Waals surface area contributed by atoms with Crippen LogP contribution in [0.5, 0.6) is 0 Å². The first-order valence-corrected chi connectivity index (χ1v) is 6.36. The van der Waals surface area contributed by atoms with Gasteiger partial charge < -0.3 is 10.1 Å². The molecule has 2 unspecified atom stereocenters. The van der Waals surface area contributed by atoms with E-state index in [1.807, 2.05) is 7.05 Å². The normalized spacial score (nSPS) is 23.5. The average Bonchev–Trinajstić information content (AvgIpc) is 2.40. The maximum absolute atomic E-state index is 5.57. The van der Waals surface area contributed by atoms with Crippen LogP contribution in [0.4, 0.5) is 0 Å². The summed E-state index contributed by atoms with van der Waals surface area (Å²) >= 11 is 0. The van der Waals surface area contributed by atoms with Crippen LogP contribution in [-0.4, -0.2) is 44.3 Å². The highest BCUT2D eigenvalue weighted by molar-refractivity contribution is 5.18. The van der Waals surface area contributed by atoms with Crippen molar-refractivity contribution in [2.75, 3.05) is 33.4 Å². The number of likely N-dealkylation sites (N-methyl/N-ethyl adjacent to an activating group) is 1. The molecule has 0 aliphatic carbocycles. The molecule has 3 nitrogen and oxygen atoms in total. The molecule has 17 heavy (non-hydrogen) atoms. The van der Waals surface area contributed by atoms with E-state index in [4.69, 9.17) is 4.74 Å². The summed E-state index contributed by atoms with van der Waals surface area (Å²) in [7, 11) is 2.00. The molecule has 0 radical (unpaired) electrons. The Morgan fingerprint density at radius 3 is 2.88 bits per heavy atom. The Kier molecular flexibility index (Phi) is 4.54. The smallest absolute Gasteiger partial charge is 0.0635 e. The molecule has 1 aliphatic rings. The molecule has 0 aromatic heterocycles. The molecule has 0 bridgehead atoms. The van der Waals surface area contributed by atoms with Crippen molar-refractivity contribution >= 4 is 0 Å². The minimum absolute atomic E-state index is 0.457. The van der Waals surface area contributed by atoms with Crippen LogP contribution in [0.25, 0.3) is 0 Å². The van der Waals surface area contributed by atoms with E-state index in [0.717, 1.165) is 26.3 Å². The van der Waals surface area contributed by atoms with Gasteiger partial charge in [0.2, 0.25) is 0 Å². The van der Waals surface area contributed by atoms with Gasteiger partial charge in [-0.15, -0.1) is 0 Å². The van der Waals surface area contributed by atoms with Crippen LogP contribution in [0.1, 0.15) is 18.5 Å². The van der Waals surface area contributed by atoms with E-state index in [1.54, 1.807) is 0 Å². The monoisotopic (exact) mass is 234 g/mol. The van der Waals surface area contributed by atoms with Gasteiger partial charge in [0.15, 0.2) is 0 Å². The van der Waals surface area contributed by atoms with Gasteiger partial charge in [0, 0.05) is 25.2 Å². The number of benzene rings is 1. The molecular formula is C14H22N2O. The van der Waals surface area contributed by atoms with Crippen LogP contribution < -0.4 is 5.32 Å². The van der Waals surface area contributed by atoms with E-state index in [9.17, 15) is 0 Å². The van der Waals surface area contributed by atoms with Crippen molar-refractivity contribution < 1.29 is 4.74 Å². The lowest BCUT2D eigenvalue weighted by atomic mass is 10.0. The third-order valence-electron chi connectivity index (χ3n) is 3.49. The Morgan fingerprint density at radius 1 is 1.41 bits per heavy atom. The number of nitrogens with zero attached hydrogens (tertiary/aromatic N) is 1. The third-order valence-corrected chi connectivity index (χ3v) is 3.49. The van der Waals surface area contributed by atoms with E-state index in [0.29, 0.717) is 12.1 Å². The summed E-state index contributed by atoms with van der Waals surface area (Å²) in [5.41, 5.74) is 1.38. The van der Waals surface area contributed by atoms with Gasteiger partial charge in [0.1, 0.15) is 0 Å². The number of morpholine rings is 1. The van der Waals surface area contributed by atoms with Gasteiger partial charge in [0.05, 0.1) is 13.2 Å². The minimum atomic E-state index is 0.457. The summed E-state index contributed by atoms with van der Waals surface area (Å²) in [6.45, 7) is 5.96. The Hall–Kier alpha value is -0.900. The van der Waals surface area contributed by atoms with Crippen LogP contribution in [0.15, 0.2) is 30.3 Å². The summed E-state index contributed by atoms with van der Waals surface area (Å²) in [6.07, 6.45) is 0. The van der Waals surface area contributed by atoms with E-state index in [2.05, 4.69) is 47.5 Å². The van der Waals surface area contributed by atoms with Gasteiger partial charge in [-0.1, -0.05) is 30.3 Å². The zero-order chi connectivity index (χ0) is 12.1. The Balaban J connectivity index is 2.08. The summed E-state index contributed by atoms with van der Waals surface area (Å²) in [5.74, 6) is 0. The highest BCUT2D eigenvalue weighted by Crippen LogP contribution is 2.23. The van der Waals surface area contributed by atoms with Gasteiger partial charge in [-0.05, 0) is 19.5 Å². The molecule has 1 N–H and O–H groups in total. The van der Waals surface area contributed by atoms with Gasteiger partial charge in [-0.3, -0.25) is 4.90 Å². The second kappa shape index (κ2) is 6.15. The average molecular weight is 234 g/mol. The molecule has 0 amide bonds.